The molecule has 0 heterocycles. The molecule has 0 atom stereocenters. The molecule has 0 unspecified atom stereocenters. The second-order valence-corrected chi connectivity index (χ2v) is 2.83. The maximum Gasteiger partial charge on any atom is 0.330 e. The average molecular weight is 215 g/mol. The maximum absolute atomic E-state index is 12.3. The second-order valence-electron chi connectivity index (χ2n) is 2.83. The quantitative estimate of drug-likeness (QED) is 0.515. The highest BCUT2D eigenvalue weighted by Crippen LogP contribution is 2.22. The Morgan fingerprint density at radius 1 is 1.50 bits per heavy atom. The van der Waals surface area contributed by atoms with Crippen molar-refractivity contribution < 1.29 is 22.3 Å². The molecule has 0 bridgehead atoms. The summed E-state index contributed by atoms with van der Waals surface area (Å²) in [5.74, 6) is -4.08. The summed E-state index contributed by atoms with van der Waals surface area (Å²) in [6.45, 7) is 2.46. The highest BCUT2D eigenvalue weighted by atomic mass is 19.3. The summed E-state index contributed by atoms with van der Waals surface area (Å²) < 4.78 is 52.2. The number of nitrogens with one attached hydrogen (secondary N) is 1. The van der Waals surface area contributed by atoms with Crippen molar-refractivity contribution in [3.63, 3.8) is 0 Å². The Hall–Kier alpha value is -0.620. The Morgan fingerprint density at radius 2 is 2.07 bits per heavy atom. The first-order valence-corrected chi connectivity index (χ1v) is 3.95. The van der Waals surface area contributed by atoms with Gasteiger partial charge in [0.15, 0.2) is 0 Å². The zero-order valence-electron chi connectivity index (χ0n) is 7.83. The van der Waals surface area contributed by atoms with Gasteiger partial charge in [-0.2, -0.15) is 8.78 Å². The van der Waals surface area contributed by atoms with Crippen LogP contribution in [0.3, 0.4) is 0 Å². The summed E-state index contributed by atoms with van der Waals surface area (Å²) >= 11 is 0. The molecule has 0 rings (SSSR count). The van der Waals surface area contributed by atoms with Crippen molar-refractivity contribution in [3.8, 4) is 0 Å². The fraction of sp³-hybridized carbons (Fsp3) is 0.750. The molecule has 0 aliphatic rings. The summed E-state index contributed by atoms with van der Waals surface area (Å²) in [6.07, 6.45) is -3.69. The molecular formula is C8H13F4NO. The summed E-state index contributed by atoms with van der Waals surface area (Å²) in [7, 11) is 1.65. The van der Waals surface area contributed by atoms with E-state index in [1.54, 1.807) is 7.05 Å². The molecule has 14 heavy (non-hydrogen) atoms. The van der Waals surface area contributed by atoms with Crippen LogP contribution < -0.4 is 5.32 Å². The first-order chi connectivity index (χ1) is 6.40. The molecule has 0 fully saturated rings. The van der Waals surface area contributed by atoms with Crippen molar-refractivity contribution in [2.45, 2.75) is 12.3 Å². The van der Waals surface area contributed by atoms with Gasteiger partial charge in [0.05, 0.1) is 6.61 Å². The van der Waals surface area contributed by atoms with Gasteiger partial charge in [0.2, 0.25) is 0 Å². The largest absolute Gasteiger partial charge is 0.371 e. The summed E-state index contributed by atoms with van der Waals surface area (Å²) in [5, 5.41) is 2.72. The lowest BCUT2D eigenvalue weighted by Crippen LogP contribution is -2.32. The minimum Gasteiger partial charge on any atom is -0.371 e. The molecule has 0 aliphatic heterocycles. The van der Waals surface area contributed by atoms with E-state index in [0.717, 1.165) is 0 Å². The number of hydrogen-bond acceptors (Lipinski definition) is 2. The van der Waals surface area contributed by atoms with E-state index in [1.807, 2.05) is 0 Å². The van der Waals surface area contributed by atoms with E-state index in [4.69, 9.17) is 0 Å². The molecule has 0 saturated heterocycles. The standard InChI is InChI=1S/C8H13F4NO/c1-6(3-13-2)4-14-5-8(11,12)7(9)10/h7,13H,1,3-5H2,2H3. The topological polar surface area (TPSA) is 21.3 Å². The fourth-order valence-corrected chi connectivity index (χ4v) is 0.695. The lowest BCUT2D eigenvalue weighted by molar-refractivity contribution is -0.163. The number of hydrogen-bond donors (Lipinski definition) is 1. The van der Waals surface area contributed by atoms with Gasteiger partial charge < -0.3 is 10.1 Å². The monoisotopic (exact) mass is 215 g/mol. The van der Waals surface area contributed by atoms with Gasteiger partial charge in [0.25, 0.3) is 0 Å². The van der Waals surface area contributed by atoms with Crippen molar-refractivity contribution in [2.75, 3.05) is 26.8 Å². The van der Waals surface area contributed by atoms with E-state index >= 15 is 0 Å². The van der Waals surface area contributed by atoms with Crippen molar-refractivity contribution in [1.82, 2.24) is 5.32 Å². The predicted molar refractivity (Wildman–Crippen MR) is 44.8 cm³/mol. The summed E-state index contributed by atoms with van der Waals surface area (Å²) in [6, 6.07) is 0. The first kappa shape index (κ1) is 13.4. The molecule has 0 saturated carbocycles. The molecule has 84 valence electrons. The molecular weight excluding hydrogens is 202 g/mol. The highest BCUT2D eigenvalue weighted by molar-refractivity contribution is 4.96. The van der Waals surface area contributed by atoms with E-state index in [-0.39, 0.29) is 6.61 Å². The Kier molecular flexibility index (Phi) is 5.71. The van der Waals surface area contributed by atoms with Crippen molar-refractivity contribution in [3.05, 3.63) is 12.2 Å². The Morgan fingerprint density at radius 3 is 2.50 bits per heavy atom. The fourth-order valence-electron chi connectivity index (χ4n) is 0.695. The number of alkyl halides is 4. The molecule has 0 aromatic heterocycles. The number of likely N-dealkylation sites (N-methyl/N-ethyl adjacent to an activating group) is 1. The minimum atomic E-state index is -4.08. The average Bonchev–Trinajstić information content (AvgIpc) is 2.04. The summed E-state index contributed by atoms with van der Waals surface area (Å²) in [5.41, 5.74) is 0.526. The van der Waals surface area contributed by atoms with E-state index in [0.29, 0.717) is 12.1 Å². The lowest BCUT2D eigenvalue weighted by Gasteiger charge is -2.15. The third kappa shape index (κ3) is 5.18. The van der Waals surface area contributed by atoms with Crippen LogP contribution >= 0.6 is 0 Å². The van der Waals surface area contributed by atoms with E-state index in [1.165, 1.54) is 0 Å². The molecule has 6 heteroatoms. The minimum absolute atomic E-state index is 0.150. The molecule has 0 amide bonds. The van der Waals surface area contributed by atoms with Crippen LogP contribution in [0.15, 0.2) is 12.2 Å². The van der Waals surface area contributed by atoms with E-state index in [9.17, 15) is 17.6 Å². The molecule has 0 aromatic rings. The van der Waals surface area contributed by atoms with Crippen LogP contribution in [0.4, 0.5) is 17.6 Å². The van der Waals surface area contributed by atoms with Gasteiger partial charge in [-0.05, 0) is 12.6 Å². The third-order valence-electron chi connectivity index (χ3n) is 1.35. The van der Waals surface area contributed by atoms with Gasteiger partial charge in [0, 0.05) is 6.54 Å². The molecule has 0 aromatic carbocycles. The van der Waals surface area contributed by atoms with Crippen LogP contribution in [0, 0.1) is 0 Å². The number of rotatable bonds is 7. The van der Waals surface area contributed by atoms with Gasteiger partial charge in [-0.1, -0.05) is 6.58 Å². The van der Waals surface area contributed by atoms with Crippen LogP contribution in [0.25, 0.3) is 0 Å². The zero-order chi connectivity index (χ0) is 11.2. The molecule has 2 nitrogen and oxygen atoms in total. The van der Waals surface area contributed by atoms with Crippen LogP contribution in [0.5, 0.6) is 0 Å². The SMILES string of the molecule is C=C(CNC)COCC(F)(F)C(F)F. The number of ether oxygens (including phenoxy) is 1. The first-order valence-electron chi connectivity index (χ1n) is 3.95. The normalized spacial score (nSPS) is 12.1. The van der Waals surface area contributed by atoms with Crippen LogP contribution in [0.1, 0.15) is 0 Å². The second kappa shape index (κ2) is 5.98. The van der Waals surface area contributed by atoms with Crippen LogP contribution in [-0.2, 0) is 4.74 Å². The molecule has 0 spiro atoms. The Balaban J connectivity index is 3.68. The van der Waals surface area contributed by atoms with Gasteiger partial charge in [-0.15, -0.1) is 0 Å². The van der Waals surface area contributed by atoms with Gasteiger partial charge in [-0.3, -0.25) is 0 Å². The number of halogens is 4. The van der Waals surface area contributed by atoms with Gasteiger partial charge >= 0.3 is 12.3 Å². The molecule has 1 N–H and O–H groups in total. The van der Waals surface area contributed by atoms with Crippen molar-refractivity contribution in [1.29, 1.82) is 0 Å². The highest BCUT2D eigenvalue weighted by Gasteiger charge is 2.40. The smallest absolute Gasteiger partial charge is 0.330 e. The van der Waals surface area contributed by atoms with Gasteiger partial charge in [0.1, 0.15) is 6.61 Å². The molecule has 0 radical (unpaired) electrons. The van der Waals surface area contributed by atoms with Gasteiger partial charge in [-0.25, -0.2) is 8.78 Å². The third-order valence-corrected chi connectivity index (χ3v) is 1.35. The Bertz CT molecular complexity index is 184. The lowest BCUT2D eigenvalue weighted by atomic mass is 10.3. The van der Waals surface area contributed by atoms with Crippen molar-refractivity contribution in [2.24, 2.45) is 0 Å². The predicted octanol–water partition coefficient (Wildman–Crippen LogP) is 1.68. The Labute approximate surface area is 79.9 Å². The molecule has 0 aliphatic carbocycles. The maximum atomic E-state index is 12.3. The van der Waals surface area contributed by atoms with Crippen molar-refractivity contribution >= 4 is 0 Å². The van der Waals surface area contributed by atoms with E-state index < -0.39 is 19.0 Å². The van der Waals surface area contributed by atoms with Crippen LogP contribution in [0.2, 0.25) is 0 Å². The van der Waals surface area contributed by atoms with Crippen LogP contribution in [-0.4, -0.2) is 39.2 Å². The van der Waals surface area contributed by atoms with E-state index in [2.05, 4.69) is 16.6 Å². The zero-order valence-corrected chi connectivity index (χ0v) is 7.83. The summed E-state index contributed by atoms with van der Waals surface area (Å²) in [4.78, 5) is 0.